The molecule has 5 nitrogen and oxygen atoms in total. The van der Waals surface area contributed by atoms with E-state index in [1.807, 2.05) is 24.8 Å². The maximum atomic E-state index is 13.2. The van der Waals surface area contributed by atoms with Crippen LogP contribution in [0.25, 0.3) is 0 Å². The number of rotatable bonds is 11. The van der Waals surface area contributed by atoms with Crippen molar-refractivity contribution >= 4 is 17.4 Å². The molecule has 0 heterocycles. The van der Waals surface area contributed by atoms with Gasteiger partial charge in [-0.05, 0) is 51.0 Å². The first-order valence-corrected chi connectivity index (χ1v) is 10.4. The first kappa shape index (κ1) is 22.5. The number of para-hydroxylation sites is 1. The highest BCUT2D eigenvalue weighted by atomic mass is 16.5. The third-order valence-corrected chi connectivity index (χ3v) is 5.01. The summed E-state index contributed by atoms with van der Waals surface area (Å²) in [6, 6.07) is 13.8. The summed E-state index contributed by atoms with van der Waals surface area (Å²) in [4.78, 5) is 27.7. The van der Waals surface area contributed by atoms with Gasteiger partial charge < -0.3 is 14.7 Å². The lowest BCUT2D eigenvalue weighted by molar-refractivity contribution is 0.0262. The molecule has 0 bridgehead atoms. The number of hydrogen-bond acceptors (Lipinski definition) is 5. The Labute approximate surface area is 173 Å². The molecule has 0 saturated heterocycles. The van der Waals surface area contributed by atoms with E-state index in [2.05, 4.69) is 6.92 Å². The van der Waals surface area contributed by atoms with Gasteiger partial charge in [-0.15, -0.1) is 0 Å². The zero-order chi connectivity index (χ0) is 21.2. The second kappa shape index (κ2) is 11.2. The van der Waals surface area contributed by atoms with Crippen LogP contribution in [0.3, 0.4) is 0 Å². The van der Waals surface area contributed by atoms with E-state index in [9.17, 15) is 14.7 Å². The molecule has 0 radical (unpaired) electrons. The Morgan fingerprint density at radius 3 is 2.28 bits per heavy atom. The maximum Gasteiger partial charge on any atom is 0.338 e. The highest BCUT2D eigenvalue weighted by Crippen LogP contribution is 2.32. The number of phenolic OH excluding ortho intramolecular Hbond substituents is 1. The number of aromatic hydroxyl groups is 1. The van der Waals surface area contributed by atoms with Gasteiger partial charge in [-0.3, -0.25) is 4.79 Å². The van der Waals surface area contributed by atoms with E-state index in [1.54, 1.807) is 42.5 Å². The van der Waals surface area contributed by atoms with E-state index in [0.717, 1.165) is 19.3 Å². The van der Waals surface area contributed by atoms with Gasteiger partial charge in [0.05, 0.1) is 16.8 Å². The fourth-order valence-electron chi connectivity index (χ4n) is 3.32. The van der Waals surface area contributed by atoms with E-state index in [-0.39, 0.29) is 17.1 Å². The molecule has 29 heavy (non-hydrogen) atoms. The normalized spacial score (nSPS) is 11.7. The molecule has 0 saturated carbocycles. The number of phenols is 1. The molecule has 2 aromatic rings. The van der Waals surface area contributed by atoms with Crippen molar-refractivity contribution < 1.29 is 19.4 Å². The summed E-state index contributed by atoms with van der Waals surface area (Å²) < 4.78 is 5.59. The first-order valence-electron chi connectivity index (χ1n) is 10.4. The Kier molecular flexibility index (Phi) is 8.71. The van der Waals surface area contributed by atoms with E-state index in [0.29, 0.717) is 30.8 Å². The molecule has 1 atom stereocenters. The molecular weight excluding hydrogens is 366 g/mol. The molecule has 0 aliphatic rings. The van der Waals surface area contributed by atoms with Gasteiger partial charge in [0.15, 0.2) is 6.10 Å². The van der Waals surface area contributed by atoms with Crippen LogP contribution in [0.2, 0.25) is 0 Å². The van der Waals surface area contributed by atoms with Crippen LogP contribution in [0.4, 0.5) is 5.69 Å². The third kappa shape index (κ3) is 5.83. The van der Waals surface area contributed by atoms with Crippen LogP contribution in [0.15, 0.2) is 48.5 Å². The molecule has 5 heteroatoms. The minimum atomic E-state index is -0.924. The van der Waals surface area contributed by atoms with Gasteiger partial charge in [0.2, 0.25) is 5.78 Å². The molecule has 0 aliphatic carbocycles. The van der Waals surface area contributed by atoms with Crippen molar-refractivity contribution in [3.05, 3.63) is 59.7 Å². The summed E-state index contributed by atoms with van der Waals surface area (Å²) in [5, 5.41) is 10.8. The number of ketones is 1. The lowest BCUT2D eigenvalue weighted by Crippen LogP contribution is -2.28. The van der Waals surface area contributed by atoms with Crippen molar-refractivity contribution in [3.8, 4) is 5.75 Å². The molecule has 1 unspecified atom stereocenters. The van der Waals surface area contributed by atoms with Gasteiger partial charge in [0.25, 0.3) is 0 Å². The quantitative estimate of drug-likeness (QED) is 0.320. The van der Waals surface area contributed by atoms with Crippen molar-refractivity contribution in [3.63, 3.8) is 0 Å². The molecule has 156 valence electrons. The molecule has 0 amide bonds. The van der Waals surface area contributed by atoms with Gasteiger partial charge >= 0.3 is 5.97 Å². The standard InChI is InChI=1S/C24H31NO4/c1-4-7-9-17-21(29-24(28)18-13-10-8-11-14-18)23(27)19-15-12-16-20(22(19)26)25(5-2)6-3/h8,10-16,21,26H,4-7,9,17H2,1-3H3. The Morgan fingerprint density at radius 1 is 0.966 bits per heavy atom. The van der Waals surface area contributed by atoms with Gasteiger partial charge in [0.1, 0.15) is 5.75 Å². The monoisotopic (exact) mass is 397 g/mol. The zero-order valence-electron chi connectivity index (χ0n) is 17.6. The minimum absolute atomic E-state index is 0.0579. The van der Waals surface area contributed by atoms with Crippen LogP contribution in [0, 0.1) is 0 Å². The predicted molar refractivity (Wildman–Crippen MR) is 116 cm³/mol. The number of benzene rings is 2. The number of esters is 1. The molecule has 1 N–H and O–H groups in total. The van der Waals surface area contributed by atoms with E-state index in [4.69, 9.17) is 4.74 Å². The van der Waals surface area contributed by atoms with Crippen molar-refractivity contribution in [2.24, 2.45) is 0 Å². The summed E-state index contributed by atoms with van der Waals surface area (Å²) in [5.41, 5.74) is 1.21. The van der Waals surface area contributed by atoms with Gasteiger partial charge in [0, 0.05) is 13.1 Å². The number of anilines is 1. The smallest absolute Gasteiger partial charge is 0.338 e. The maximum absolute atomic E-state index is 13.2. The summed E-state index contributed by atoms with van der Waals surface area (Å²) in [5.74, 6) is -0.950. The van der Waals surface area contributed by atoms with Gasteiger partial charge in [-0.2, -0.15) is 0 Å². The molecular formula is C24H31NO4. The van der Waals surface area contributed by atoms with E-state index >= 15 is 0 Å². The zero-order valence-corrected chi connectivity index (χ0v) is 17.6. The molecule has 0 aliphatic heterocycles. The van der Waals surface area contributed by atoms with Crippen LogP contribution in [0.1, 0.15) is 67.2 Å². The van der Waals surface area contributed by atoms with Crippen molar-refractivity contribution in [1.29, 1.82) is 0 Å². The van der Waals surface area contributed by atoms with Gasteiger partial charge in [-0.25, -0.2) is 4.79 Å². The van der Waals surface area contributed by atoms with Crippen molar-refractivity contribution in [2.75, 3.05) is 18.0 Å². The fourth-order valence-corrected chi connectivity index (χ4v) is 3.32. The van der Waals surface area contributed by atoms with Crippen molar-refractivity contribution in [1.82, 2.24) is 0 Å². The molecule has 0 fully saturated rings. The van der Waals surface area contributed by atoms with Crippen LogP contribution < -0.4 is 4.90 Å². The lowest BCUT2D eigenvalue weighted by Gasteiger charge is -2.24. The first-order chi connectivity index (χ1) is 14.0. The number of carbonyl (C=O) groups excluding carboxylic acids is 2. The largest absolute Gasteiger partial charge is 0.505 e. The predicted octanol–water partition coefficient (Wildman–Crippen LogP) is 5.23. The Balaban J connectivity index is 2.29. The number of unbranched alkanes of at least 4 members (excludes halogenated alkanes) is 2. The summed E-state index contributed by atoms with van der Waals surface area (Å²) in [6.07, 6.45) is 2.21. The van der Waals surface area contributed by atoms with Crippen LogP contribution >= 0.6 is 0 Å². The number of Topliss-reactive ketones (excluding diaryl/α,β-unsaturated/α-hetero) is 1. The van der Waals surface area contributed by atoms with E-state index in [1.165, 1.54) is 0 Å². The second-order valence-corrected chi connectivity index (χ2v) is 6.97. The summed E-state index contributed by atoms with van der Waals surface area (Å²) in [7, 11) is 0. The fraction of sp³-hybridized carbons (Fsp3) is 0.417. The highest BCUT2D eigenvalue weighted by molar-refractivity contribution is 6.04. The lowest BCUT2D eigenvalue weighted by atomic mass is 9.99. The Bertz CT molecular complexity index is 800. The second-order valence-electron chi connectivity index (χ2n) is 6.97. The highest BCUT2D eigenvalue weighted by Gasteiger charge is 2.28. The summed E-state index contributed by atoms with van der Waals surface area (Å²) in [6.45, 7) is 7.49. The molecule has 0 spiro atoms. The number of ether oxygens (including phenoxy) is 1. The SMILES string of the molecule is CCCCCC(OC(=O)c1ccccc1)C(=O)c1cccc(N(CC)CC)c1O. The molecule has 2 rings (SSSR count). The Morgan fingerprint density at radius 2 is 1.66 bits per heavy atom. The number of hydrogen-bond donors (Lipinski definition) is 1. The van der Waals surface area contributed by atoms with Crippen LogP contribution in [-0.4, -0.2) is 36.1 Å². The molecule has 2 aromatic carbocycles. The summed E-state index contributed by atoms with van der Waals surface area (Å²) >= 11 is 0. The Hall–Kier alpha value is -2.82. The number of carbonyl (C=O) groups is 2. The number of nitrogens with zero attached hydrogens (tertiary/aromatic N) is 1. The van der Waals surface area contributed by atoms with E-state index < -0.39 is 12.1 Å². The van der Waals surface area contributed by atoms with Crippen LogP contribution in [-0.2, 0) is 4.74 Å². The van der Waals surface area contributed by atoms with Gasteiger partial charge in [-0.1, -0.05) is 44.0 Å². The van der Waals surface area contributed by atoms with Crippen molar-refractivity contribution in [2.45, 2.75) is 52.6 Å². The minimum Gasteiger partial charge on any atom is -0.505 e. The average Bonchev–Trinajstić information content (AvgIpc) is 2.75. The molecule has 0 aromatic heterocycles. The van der Waals surface area contributed by atoms with Crippen LogP contribution in [0.5, 0.6) is 5.75 Å². The third-order valence-electron chi connectivity index (χ3n) is 5.01. The average molecular weight is 398 g/mol. The topological polar surface area (TPSA) is 66.8 Å².